The molecule has 0 unspecified atom stereocenters. The third-order valence-corrected chi connectivity index (χ3v) is 1.29. The fraction of sp³-hybridized carbons (Fsp3) is 0.833. The highest BCUT2D eigenvalue weighted by Gasteiger charge is 2.37. The zero-order valence-electron chi connectivity index (χ0n) is 7.21. The average molecular weight is 210 g/mol. The molecule has 0 aromatic carbocycles. The molecule has 1 amide bonds. The van der Waals surface area contributed by atoms with Gasteiger partial charge >= 0.3 is 12.1 Å². The fourth-order valence-electron chi connectivity index (χ4n) is 0.654. The van der Waals surface area contributed by atoms with Crippen molar-refractivity contribution in [1.29, 1.82) is 0 Å². The van der Waals surface area contributed by atoms with Gasteiger partial charge in [0, 0.05) is 18.0 Å². The number of amides is 1. The molecule has 80 valence electrons. The Morgan fingerprint density at radius 3 is 2.57 bits per heavy atom. The van der Waals surface area contributed by atoms with Crippen molar-refractivity contribution >= 4 is 5.91 Å². The minimum Gasteiger partial charge on any atom is -0.348 e. The summed E-state index contributed by atoms with van der Waals surface area (Å²) >= 11 is 0. The van der Waals surface area contributed by atoms with Gasteiger partial charge in [-0.3, -0.25) is 4.79 Å². The number of alkyl halides is 3. The van der Waals surface area contributed by atoms with Crippen LogP contribution in [0.15, 0.2) is 5.11 Å². The summed E-state index contributed by atoms with van der Waals surface area (Å²) in [4.78, 5) is 12.7. The van der Waals surface area contributed by atoms with Gasteiger partial charge in [0.2, 0.25) is 0 Å². The zero-order valence-corrected chi connectivity index (χ0v) is 7.21. The van der Waals surface area contributed by atoms with Crippen LogP contribution in [-0.2, 0) is 4.79 Å². The average Bonchev–Trinajstić information content (AvgIpc) is 2.09. The Hall–Kier alpha value is -1.43. The number of hydrogen-bond acceptors (Lipinski definition) is 2. The minimum absolute atomic E-state index is 0.0701. The van der Waals surface area contributed by atoms with Gasteiger partial charge in [0.15, 0.2) is 0 Å². The Kier molecular flexibility index (Phi) is 5.47. The van der Waals surface area contributed by atoms with E-state index in [9.17, 15) is 18.0 Å². The van der Waals surface area contributed by atoms with Gasteiger partial charge in [0.05, 0.1) is 0 Å². The predicted molar refractivity (Wildman–Crippen MR) is 42.3 cm³/mol. The lowest BCUT2D eigenvalue weighted by molar-refractivity contribution is -0.173. The topological polar surface area (TPSA) is 77.9 Å². The summed E-state index contributed by atoms with van der Waals surface area (Å²) in [5, 5.41) is 4.88. The molecule has 0 fully saturated rings. The molecule has 0 rings (SSSR count). The van der Waals surface area contributed by atoms with Crippen LogP contribution in [0.1, 0.15) is 12.8 Å². The number of carbonyl (C=O) groups excluding carboxylic acids is 1. The van der Waals surface area contributed by atoms with Crippen LogP contribution < -0.4 is 5.32 Å². The van der Waals surface area contributed by atoms with Crippen molar-refractivity contribution in [2.45, 2.75) is 19.0 Å². The zero-order chi connectivity index (χ0) is 11.0. The van der Waals surface area contributed by atoms with Crippen LogP contribution in [0, 0.1) is 0 Å². The maximum absolute atomic E-state index is 11.6. The molecule has 0 aliphatic carbocycles. The summed E-state index contributed by atoms with van der Waals surface area (Å²) in [5.41, 5.74) is 7.86. The number of hydrogen-bond donors (Lipinski definition) is 1. The first-order chi connectivity index (χ1) is 6.48. The van der Waals surface area contributed by atoms with Crippen LogP contribution in [0.5, 0.6) is 0 Å². The normalized spacial score (nSPS) is 10.5. The molecule has 14 heavy (non-hydrogen) atoms. The summed E-state index contributed by atoms with van der Waals surface area (Å²) < 4.78 is 34.8. The number of unbranched alkanes of at least 4 members (excludes halogenated alkanes) is 1. The summed E-state index contributed by atoms with van der Waals surface area (Å²) in [6.07, 6.45) is -4.03. The van der Waals surface area contributed by atoms with E-state index >= 15 is 0 Å². The molecule has 0 aromatic rings. The molecular weight excluding hydrogens is 201 g/mol. The lowest BCUT2D eigenvalue weighted by Crippen LogP contribution is -2.37. The SMILES string of the molecule is [N-]=[N+]=NCCCCNC(=O)C(F)(F)F. The van der Waals surface area contributed by atoms with E-state index in [1.54, 1.807) is 5.32 Å². The smallest absolute Gasteiger partial charge is 0.348 e. The van der Waals surface area contributed by atoms with Gasteiger partial charge < -0.3 is 5.32 Å². The van der Waals surface area contributed by atoms with E-state index in [-0.39, 0.29) is 13.1 Å². The van der Waals surface area contributed by atoms with Crippen LogP contribution in [0.4, 0.5) is 13.2 Å². The van der Waals surface area contributed by atoms with E-state index in [0.717, 1.165) is 0 Å². The van der Waals surface area contributed by atoms with Crippen LogP contribution in [-0.4, -0.2) is 25.2 Å². The first kappa shape index (κ1) is 12.6. The van der Waals surface area contributed by atoms with E-state index in [0.29, 0.717) is 12.8 Å². The van der Waals surface area contributed by atoms with Crippen LogP contribution >= 0.6 is 0 Å². The second-order valence-electron chi connectivity index (χ2n) is 2.42. The number of nitrogens with zero attached hydrogens (tertiary/aromatic N) is 3. The van der Waals surface area contributed by atoms with Crippen molar-refractivity contribution in [2.24, 2.45) is 5.11 Å². The van der Waals surface area contributed by atoms with Crippen molar-refractivity contribution < 1.29 is 18.0 Å². The van der Waals surface area contributed by atoms with Crippen LogP contribution in [0.2, 0.25) is 0 Å². The Morgan fingerprint density at radius 2 is 2.07 bits per heavy atom. The van der Waals surface area contributed by atoms with E-state index in [2.05, 4.69) is 10.0 Å². The third-order valence-electron chi connectivity index (χ3n) is 1.29. The molecule has 0 aliphatic heterocycles. The molecule has 1 N–H and O–H groups in total. The van der Waals surface area contributed by atoms with Crippen molar-refractivity contribution in [2.75, 3.05) is 13.1 Å². The summed E-state index contributed by atoms with van der Waals surface area (Å²) in [5.74, 6) is -1.94. The van der Waals surface area contributed by atoms with Crippen molar-refractivity contribution in [3.05, 3.63) is 10.4 Å². The summed E-state index contributed by atoms with van der Waals surface area (Å²) in [6, 6.07) is 0. The van der Waals surface area contributed by atoms with E-state index in [4.69, 9.17) is 5.53 Å². The van der Waals surface area contributed by atoms with E-state index < -0.39 is 12.1 Å². The molecule has 0 aliphatic rings. The molecule has 0 aromatic heterocycles. The van der Waals surface area contributed by atoms with Crippen LogP contribution in [0.25, 0.3) is 10.4 Å². The predicted octanol–water partition coefficient (Wildman–Crippen LogP) is 1.76. The highest BCUT2D eigenvalue weighted by Crippen LogP contribution is 2.13. The molecule has 0 radical (unpaired) electrons. The van der Waals surface area contributed by atoms with Gasteiger partial charge in [-0.2, -0.15) is 13.2 Å². The van der Waals surface area contributed by atoms with Crippen molar-refractivity contribution in [1.82, 2.24) is 5.32 Å². The van der Waals surface area contributed by atoms with Gasteiger partial charge in [0.1, 0.15) is 0 Å². The van der Waals surface area contributed by atoms with Gasteiger partial charge in [-0.05, 0) is 18.4 Å². The molecule has 0 saturated heterocycles. The van der Waals surface area contributed by atoms with Crippen molar-refractivity contribution in [3.8, 4) is 0 Å². The molecule has 0 heterocycles. The lowest BCUT2D eigenvalue weighted by atomic mass is 10.3. The number of azide groups is 1. The van der Waals surface area contributed by atoms with Gasteiger partial charge in [0.25, 0.3) is 0 Å². The molecule has 0 saturated carbocycles. The van der Waals surface area contributed by atoms with Gasteiger partial charge in [-0.1, -0.05) is 5.11 Å². The van der Waals surface area contributed by atoms with E-state index in [1.165, 1.54) is 0 Å². The second kappa shape index (κ2) is 6.09. The van der Waals surface area contributed by atoms with Crippen LogP contribution in [0.3, 0.4) is 0 Å². The highest BCUT2D eigenvalue weighted by atomic mass is 19.4. The Labute approximate surface area is 77.9 Å². The molecule has 0 spiro atoms. The fourth-order valence-corrected chi connectivity index (χ4v) is 0.654. The number of carbonyl (C=O) groups is 1. The quantitative estimate of drug-likeness (QED) is 0.319. The number of nitrogens with one attached hydrogen (secondary N) is 1. The molecular formula is C6H9F3N4O. The molecule has 5 nitrogen and oxygen atoms in total. The lowest BCUT2D eigenvalue weighted by Gasteiger charge is -2.06. The maximum Gasteiger partial charge on any atom is 0.471 e. The maximum atomic E-state index is 11.6. The molecule has 0 atom stereocenters. The minimum atomic E-state index is -4.83. The Bertz CT molecular complexity index is 234. The Morgan fingerprint density at radius 1 is 1.43 bits per heavy atom. The summed E-state index contributed by atoms with van der Waals surface area (Å²) in [7, 11) is 0. The Balaban J connectivity index is 3.46. The standard InChI is InChI=1S/C6H9F3N4O/c7-6(8,9)5(14)11-3-1-2-4-12-13-10/h1-4H2,(H,11,14). The first-order valence-electron chi connectivity index (χ1n) is 3.84. The first-order valence-corrected chi connectivity index (χ1v) is 3.84. The van der Waals surface area contributed by atoms with Gasteiger partial charge in [-0.15, -0.1) is 0 Å². The van der Waals surface area contributed by atoms with E-state index in [1.807, 2.05) is 0 Å². The number of rotatable bonds is 5. The van der Waals surface area contributed by atoms with Crippen molar-refractivity contribution in [3.63, 3.8) is 0 Å². The molecule has 0 bridgehead atoms. The molecule has 8 heteroatoms. The van der Waals surface area contributed by atoms with Gasteiger partial charge in [-0.25, -0.2) is 0 Å². The highest BCUT2D eigenvalue weighted by molar-refractivity contribution is 5.81. The largest absolute Gasteiger partial charge is 0.471 e. The second-order valence-corrected chi connectivity index (χ2v) is 2.42. The summed E-state index contributed by atoms with van der Waals surface area (Å²) in [6.45, 7) is 0.150. The number of halogens is 3. The monoisotopic (exact) mass is 210 g/mol. The third kappa shape index (κ3) is 6.13.